The number of ether oxygens (including phenoxy) is 1. The lowest BCUT2D eigenvalue weighted by Gasteiger charge is -2.14. The van der Waals surface area contributed by atoms with Gasteiger partial charge < -0.3 is 10.5 Å². The lowest BCUT2D eigenvalue weighted by Crippen LogP contribution is -2.26. The molecule has 0 amide bonds. The van der Waals surface area contributed by atoms with Gasteiger partial charge in [0, 0.05) is 18.5 Å². The van der Waals surface area contributed by atoms with E-state index in [1.165, 1.54) is 5.56 Å². The van der Waals surface area contributed by atoms with Gasteiger partial charge in [0.1, 0.15) is 17.9 Å². The highest BCUT2D eigenvalue weighted by Crippen LogP contribution is 2.14. The molecule has 0 bridgehead atoms. The third kappa shape index (κ3) is 4.29. The van der Waals surface area contributed by atoms with Gasteiger partial charge in [0.05, 0.1) is 7.11 Å². The summed E-state index contributed by atoms with van der Waals surface area (Å²) in [5, 5.41) is 4.24. The first-order chi connectivity index (χ1) is 10.1. The van der Waals surface area contributed by atoms with E-state index in [-0.39, 0.29) is 6.04 Å². The molecule has 1 aromatic heterocycles. The van der Waals surface area contributed by atoms with Crippen LogP contribution in [-0.4, -0.2) is 27.9 Å². The SMILES string of the molecule is COc1ccc(CCC(N)Cc2ncnn2C(C)C)cc1. The maximum absolute atomic E-state index is 6.23. The van der Waals surface area contributed by atoms with Gasteiger partial charge in [-0.25, -0.2) is 9.67 Å². The van der Waals surface area contributed by atoms with Crippen LogP contribution < -0.4 is 10.5 Å². The van der Waals surface area contributed by atoms with Crippen molar-refractivity contribution in [3.63, 3.8) is 0 Å². The Morgan fingerprint density at radius 3 is 2.57 bits per heavy atom. The minimum Gasteiger partial charge on any atom is -0.497 e. The lowest BCUT2D eigenvalue weighted by atomic mass is 10.0. The summed E-state index contributed by atoms with van der Waals surface area (Å²) in [6.07, 6.45) is 4.25. The second-order valence-electron chi connectivity index (χ2n) is 5.57. The van der Waals surface area contributed by atoms with Crippen molar-refractivity contribution in [3.8, 4) is 5.75 Å². The van der Waals surface area contributed by atoms with Gasteiger partial charge in [-0.3, -0.25) is 0 Å². The van der Waals surface area contributed by atoms with E-state index in [4.69, 9.17) is 10.5 Å². The van der Waals surface area contributed by atoms with Crippen molar-refractivity contribution in [2.24, 2.45) is 5.73 Å². The monoisotopic (exact) mass is 288 g/mol. The molecule has 0 spiro atoms. The summed E-state index contributed by atoms with van der Waals surface area (Å²) >= 11 is 0. The van der Waals surface area contributed by atoms with Gasteiger partial charge in [-0.1, -0.05) is 12.1 Å². The van der Waals surface area contributed by atoms with Gasteiger partial charge in [-0.05, 0) is 44.4 Å². The summed E-state index contributed by atoms with van der Waals surface area (Å²) in [5.41, 5.74) is 7.51. The van der Waals surface area contributed by atoms with Crippen LogP contribution in [0.3, 0.4) is 0 Å². The number of aryl methyl sites for hydroxylation is 1. The molecule has 0 aliphatic heterocycles. The predicted molar refractivity (Wildman–Crippen MR) is 83.4 cm³/mol. The molecule has 5 nitrogen and oxygen atoms in total. The number of hydrogen-bond donors (Lipinski definition) is 1. The largest absolute Gasteiger partial charge is 0.497 e. The summed E-state index contributed by atoms with van der Waals surface area (Å²) in [6, 6.07) is 8.54. The Hall–Kier alpha value is -1.88. The van der Waals surface area contributed by atoms with Crippen LogP contribution in [0.1, 0.15) is 37.7 Å². The van der Waals surface area contributed by atoms with Gasteiger partial charge in [0.15, 0.2) is 0 Å². The van der Waals surface area contributed by atoms with Crippen LogP contribution in [0, 0.1) is 0 Å². The average molecular weight is 288 g/mol. The van der Waals surface area contributed by atoms with Crippen LogP contribution in [0.5, 0.6) is 5.75 Å². The Balaban J connectivity index is 1.86. The average Bonchev–Trinajstić information content (AvgIpc) is 2.94. The number of nitrogens with two attached hydrogens (primary N) is 1. The molecule has 21 heavy (non-hydrogen) atoms. The van der Waals surface area contributed by atoms with Crippen LogP contribution in [0.2, 0.25) is 0 Å². The van der Waals surface area contributed by atoms with Gasteiger partial charge in [-0.2, -0.15) is 5.10 Å². The quantitative estimate of drug-likeness (QED) is 0.849. The zero-order chi connectivity index (χ0) is 15.2. The number of rotatable bonds is 7. The third-order valence-electron chi connectivity index (χ3n) is 3.54. The minimum atomic E-state index is 0.0915. The smallest absolute Gasteiger partial charge is 0.138 e. The molecule has 0 saturated carbocycles. The molecule has 2 aromatic rings. The first kappa shape index (κ1) is 15.5. The molecule has 1 aromatic carbocycles. The molecule has 1 atom stereocenters. The number of benzene rings is 1. The van der Waals surface area contributed by atoms with Crippen molar-refractivity contribution < 1.29 is 4.74 Å². The fraction of sp³-hybridized carbons (Fsp3) is 0.500. The topological polar surface area (TPSA) is 66.0 Å². The zero-order valence-corrected chi connectivity index (χ0v) is 13.0. The molecule has 114 valence electrons. The van der Waals surface area contributed by atoms with E-state index in [1.807, 2.05) is 16.8 Å². The minimum absolute atomic E-state index is 0.0915. The van der Waals surface area contributed by atoms with E-state index in [1.54, 1.807) is 13.4 Å². The molecule has 2 N–H and O–H groups in total. The molecule has 0 saturated heterocycles. The van der Waals surface area contributed by atoms with Crippen LogP contribution >= 0.6 is 0 Å². The fourth-order valence-corrected chi connectivity index (χ4v) is 2.33. The highest BCUT2D eigenvalue weighted by molar-refractivity contribution is 5.27. The van der Waals surface area contributed by atoms with Gasteiger partial charge in [-0.15, -0.1) is 0 Å². The number of methoxy groups -OCH3 is 1. The van der Waals surface area contributed by atoms with Crippen molar-refractivity contribution in [1.29, 1.82) is 0 Å². The molecule has 0 aliphatic rings. The molecule has 0 radical (unpaired) electrons. The second kappa shape index (κ2) is 7.22. The molecular weight excluding hydrogens is 264 g/mol. The van der Waals surface area contributed by atoms with Crippen molar-refractivity contribution in [2.75, 3.05) is 7.11 Å². The van der Waals surface area contributed by atoms with Crippen LogP contribution in [0.15, 0.2) is 30.6 Å². The summed E-state index contributed by atoms with van der Waals surface area (Å²) in [4.78, 5) is 4.31. The van der Waals surface area contributed by atoms with Gasteiger partial charge in [0.2, 0.25) is 0 Å². The number of hydrogen-bond acceptors (Lipinski definition) is 4. The molecule has 0 fully saturated rings. The van der Waals surface area contributed by atoms with Crippen molar-refractivity contribution in [3.05, 3.63) is 42.0 Å². The Morgan fingerprint density at radius 2 is 1.95 bits per heavy atom. The van der Waals surface area contributed by atoms with Gasteiger partial charge in [0.25, 0.3) is 0 Å². The van der Waals surface area contributed by atoms with E-state index in [0.29, 0.717) is 6.04 Å². The molecule has 5 heteroatoms. The van der Waals surface area contributed by atoms with E-state index in [0.717, 1.165) is 30.8 Å². The highest BCUT2D eigenvalue weighted by Gasteiger charge is 2.12. The standard InChI is InChI=1S/C16H24N4O/c1-12(2)20-16(18-11-19-20)10-14(17)7-4-13-5-8-15(21-3)9-6-13/h5-6,8-9,11-12,14H,4,7,10,17H2,1-3H3. The van der Waals surface area contributed by atoms with Crippen molar-refractivity contribution >= 4 is 0 Å². The van der Waals surface area contributed by atoms with Crippen LogP contribution in [0.25, 0.3) is 0 Å². The van der Waals surface area contributed by atoms with Crippen molar-refractivity contribution in [1.82, 2.24) is 14.8 Å². The molecule has 1 unspecified atom stereocenters. The third-order valence-corrected chi connectivity index (χ3v) is 3.54. The van der Waals surface area contributed by atoms with Crippen LogP contribution in [0.4, 0.5) is 0 Å². The zero-order valence-electron chi connectivity index (χ0n) is 13.0. The lowest BCUT2D eigenvalue weighted by molar-refractivity contribution is 0.414. The highest BCUT2D eigenvalue weighted by atomic mass is 16.5. The molecule has 1 heterocycles. The molecule has 2 rings (SSSR count). The van der Waals surface area contributed by atoms with E-state index in [2.05, 4.69) is 36.1 Å². The second-order valence-corrected chi connectivity index (χ2v) is 5.57. The normalized spacial score (nSPS) is 12.6. The van der Waals surface area contributed by atoms with Crippen molar-refractivity contribution in [2.45, 2.75) is 45.2 Å². The predicted octanol–water partition coefficient (Wildman–Crippen LogP) is 2.37. The maximum atomic E-state index is 6.23. The van der Waals surface area contributed by atoms with E-state index < -0.39 is 0 Å². The number of aromatic nitrogens is 3. The van der Waals surface area contributed by atoms with E-state index >= 15 is 0 Å². The summed E-state index contributed by atoms with van der Waals surface area (Å²) in [7, 11) is 1.68. The summed E-state index contributed by atoms with van der Waals surface area (Å²) < 4.78 is 7.10. The summed E-state index contributed by atoms with van der Waals surface area (Å²) in [6.45, 7) is 4.20. The maximum Gasteiger partial charge on any atom is 0.138 e. The first-order valence-electron chi connectivity index (χ1n) is 7.37. The Morgan fingerprint density at radius 1 is 1.24 bits per heavy atom. The fourth-order valence-electron chi connectivity index (χ4n) is 2.33. The Labute approximate surface area is 126 Å². The van der Waals surface area contributed by atoms with Gasteiger partial charge >= 0.3 is 0 Å². The van der Waals surface area contributed by atoms with E-state index in [9.17, 15) is 0 Å². The number of nitrogens with zero attached hydrogens (tertiary/aromatic N) is 3. The molecular formula is C16H24N4O. The Bertz CT molecular complexity index is 548. The summed E-state index contributed by atoms with van der Waals surface area (Å²) in [5.74, 6) is 1.85. The van der Waals surface area contributed by atoms with Crippen LogP contribution in [-0.2, 0) is 12.8 Å². The molecule has 0 aliphatic carbocycles. The Kier molecular flexibility index (Phi) is 5.33. The first-order valence-corrected chi connectivity index (χ1v) is 7.37.